The first-order valence-electron chi connectivity index (χ1n) is 5.16. The number of hydrogen-bond acceptors (Lipinski definition) is 3. The fourth-order valence-corrected chi connectivity index (χ4v) is 2.08. The molecule has 0 radical (unpaired) electrons. The van der Waals surface area contributed by atoms with E-state index < -0.39 is 0 Å². The largest absolute Gasteiger partial charge is 0.508 e. The van der Waals surface area contributed by atoms with Crippen molar-refractivity contribution in [2.75, 3.05) is 6.54 Å². The normalized spacial score (nSPS) is 26.6. The summed E-state index contributed by atoms with van der Waals surface area (Å²) < 4.78 is 0. The summed E-state index contributed by atoms with van der Waals surface area (Å²) in [6.07, 6.45) is 1.10. The minimum absolute atomic E-state index is 0.244. The quantitative estimate of drug-likeness (QED) is 0.731. The molecular formula is C12H15NO2. The SMILES string of the molecule is CC1(c2cccc(O)c2)CC(=O)CCN1. The molecule has 0 saturated carbocycles. The third kappa shape index (κ3) is 2.02. The Balaban J connectivity index is 2.32. The van der Waals surface area contributed by atoms with Gasteiger partial charge in [0.1, 0.15) is 11.5 Å². The van der Waals surface area contributed by atoms with Gasteiger partial charge in [-0.1, -0.05) is 12.1 Å². The molecule has 0 spiro atoms. The Morgan fingerprint density at radius 1 is 1.47 bits per heavy atom. The van der Waals surface area contributed by atoms with Gasteiger partial charge in [-0.05, 0) is 24.6 Å². The molecule has 0 amide bonds. The van der Waals surface area contributed by atoms with Gasteiger partial charge < -0.3 is 10.4 Å². The molecule has 15 heavy (non-hydrogen) atoms. The zero-order chi connectivity index (χ0) is 10.9. The number of phenolic OH excluding ortho intramolecular Hbond substituents is 1. The molecule has 3 heteroatoms. The van der Waals surface area contributed by atoms with Crippen LogP contribution in [0.3, 0.4) is 0 Å². The number of carbonyl (C=O) groups is 1. The van der Waals surface area contributed by atoms with Crippen LogP contribution in [-0.2, 0) is 10.3 Å². The van der Waals surface area contributed by atoms with Gasteiger partial charge in [-0.25, -0.2) is 0 Å². The minimum Gasteiger partial charge on any atom is -0.508 e. The summed E-state index contributed by atoms with van der Waals surface area (Å²) in [5, 5.41) is 12.7. The Morgan fingerprint density at radius 2 is 2.27 bits per heavy atom. The van der Waals surface area contributed by atoms with Crippen LogP contribution in [0.4, 0.5) is 0 Å². The van der Waals surface area contributed by atoms with E-state index in [1.54, 1.807) is 18.2 Å². The van der Waals surface area contributed by atoms with Crippen LogP contribution in [0.25, 0.3) is 0 Å². The lowest BCUT2D eigenvalue weighted by Crippen LogP contribution is -2.46. The molecule has 1 saturated heterocycles. The Hall–Kier alpha value is -1.35. The van der Waals surface area contributed by atoms with Crippen LogP contribution in [0.2, 0.25) is 0 Å². The summed E-state index contributed by atoms with van der Waals surface area (Å²) in [7, 11) is 0. The van der Waals surface area contributed by atoms with Crippen molar-refractivity contribution in [3.05, 3.63) is 29.8 Å². The second kappa shape index (κ2) is 3.66. The Bertz CT molecular complexity index is 389. The molecule has 1 aliphatic heterocycles. The van der Waals surface area contributed by atoms with Crippen LogP contribution in [0.5, 0.6) is 5.75 Å². The molecule has 1 fully saturated rings. The van der Waals surface area contributed by atoms with Gasteiger partial charge >= 0.3 is 0 Å². The average Bonchev–Trinajstić information content (AvgIpc) is 2.17. The molecular weight excluding hydrogens is 190 g/mol. The maximum absolute atomic E-state index is 11.4. The first kappa shape index (κ1) is 10.2. The molecule has 0 bridgehead atoms. The number of Topliss-reactive ketones (excluding diaryl/α,β-unsaturated/α-hetero) is 1. The van der Waals surface area contributed by atoms with Crippen molar-refractivity contribution in [1.82, 2.24) is 5.32 Å². The van der Waals surface area contributed by atoms with Gasteiger partial charge in [0.15, 0.2) is 0 Å². The molecule has 0 aliphatic carbocycles. The van der Waals surface area contributed by atoms with Crippen molar-refractivity contribution in [2.24, 2.45) is 0 Å². The molecule has 1 aromatic carbocycles. The van der Waals surface area contributed by atoms with Gasteiger partial charge in [-0.2, -0.15) is 0 Å². The molecule has 0 aromatic heterocycles. The lowest BCUT2D eigenvalue weighted by Gasteiger charge is -2.34. The standard InChI is InChI=1S/C12H15NO2/c1-12(8-11(15)5-6-13-12)9-3-2-4-10(14)7-9/h2-4,7,13-14H,5-6,8H2,1H3. The van der Waals surface area contributed by atoms with Gasteiger partial charge in [0, 0.05) is 24.9 Å². The Kier molecular flexibility index (Phi) is 2.49. The third-order valence-electron chi connectivity index (χ3n) is 2.95. The molecule has 1 atom stereocenters. The minimum atomic E-state index is -0.325. The van der Waals surface area contributed by atoms with Crippen LogP contribution >= 0.6 is 0 Å². The monoisotopic (exact) mass is 205 g/mol. The number of ketones is 1. The molecule has 2 rings (SSSR count). The molecule has 80 valence electrons. The third-order valence-corrected chi connectivity index (χ3v) is 2.95. The summed E-state index contributed by atoms with van der Waals surface area (Å²) in [5.41, 5.74) is 0.643. The lowest BCUT2D eigenvalue weighted by molar-refractivity contribution is -0.122. The Labute approximate surface area is 89.1 Å². The van der Waals surface area contributed by atoms with Gasteiger partial charge in [0.05, 0.1) is 0 Å². The number of benzene rings is 1. The van der Waals surface area contributed by atoms with Crippen LogP contribution in [0.1, 0.15) is 25.3 Å². The zero-order valence-electron chi connectivity index (χ0n) is 8.79. The highest BCUT2D eigenvalue weighted by molar-refractivity contribution is 5.81. The highest BCUT2D eigenvalue weighted by Gasteiger charge is 2.32. The summed E-state index contributed by atoms with van der Waals surface area (Å²) in [4.78, 5) is 11.4. The van der Waals surface area contributed by atoms with E-state index in [0.29, 0.717) is 19.4 Å². The smallest absolute Gasteiger partial charge is 0.136 e. The van der Waals surface area contributed by atoms with Crippen LogP contribution in [0, 0.1) is 0 Å². The van der Waals surface area contributed by atoms with E-state index in [2.05, 4.69) is 5.32 Å². The summed E-state index contributed by atoms with van der Waals surface area (Å²) in [6.45, 7) is 2.71. The average molecular weight is 205 g/mol. The number of carbonyl (C=O) groups excluding carboxylic acids is 1. The zero-order valence-corrected chi connectivity index (χ0v) is 8.79. The second-order valence-corrected chi connectivity index (χ2v) is 4.27. The van der Waals surface area contributed by atoms with Crippen LogP contribution < -0.4 is 5.32 Å². The van der Waals surface area contributed by atoms with Crippen LogP contribution in [-0.4, -0.2) is 17.4 Å². The number of aromatic hydroxyl groups is 1. The van der Waals surface area contributed by atoms with E-state index in [1.807, 2.05) is 13.0 Å². The molecule has 2 N–H and O–H groups in total. The fourth-order valence-electron chi connectivity index (χ4n) is 2.08. The predicted molar refractivity (Wildman–Crippen MR) is 57.7 cm³/mol. The van der Waals surface area contributed by atoms with E-state index >= 15 is 0 Å². The highest BCUT2D eigenvalue weighted by Crippen LogP contribution is 2.29. The van der Waals surface area contributed by atoms with E-state index in [0.717, 1.165) is 5.56 Å². The molecule has 3 nitrogen and oxygen atoms in total. The van der Waals surface area contributed by atoms with E-state index in [1.165, 1.54) is 0 Å². The molecule has 1 heterocycles. The van der Waals surface area contributed by atoms with E-state index in [-0.39, 0.29) is 17.1 Å². The van der Waals surface area contributed by atoms with Crippen molar-refractivity contribution >= 4 is 5.78 Å². The number of hydrogen-bond donors (Lipinski definition) is 2. The van der Waals surface area contributed by atoms with Gasteiger partial charge in [-0.15, -0.1) is 0 Å². The maximum Gasteiger partial charge on any atom is 0.136 e. The number of piperidine rings is 1. The van der Waals surface area contributed by atoms with E-state index in [4.69, 9.17) is 0 Å². The summed E-state index contributed by atoms with van der Waals surface area (Å²) in [6, 6.07) is 7.09. The van der Waals surface area contributed by atoms with Gasteiger partial charge in [0.25, 0.3) is 0 Å². The number of nitrogens with one attached hydrogen (secondary N) is 1. The Morgan fingerprint density at radius 3 is 2.93 bits per heavy atom. The summed E-state index contributed by atoms with van der Waals surface area (Å²) >= 11 is 0. The lowest BCUT2D eigenvalue weighted by atomic mass is 9.83. The van der Waals surface area contributed by atoms with Gasteiger partial charge in [0.2, 0.25) is 0 Å². The second-order valence-electron chi connectivity index (χ2n) is 4.27. The van der Waals surface area contributed by atoms with Crippen molar-refractivity contribution in [1.29, 1.82) is 0 Å². The van der Waals surface area contributed by atoms with Crippen molar-refractivity contribution in [2.45, 2.75) is 25.3 Å². The van der Waals surface area contributed by atoms with Crippen LogP contribution in [0.15, 0.2) is 24.3 Å². The fraction of sp³-hybridized carbons (Fsp3) is 0.417. The first-order valence-corrected chi connectivity index (χ1v) is 5.16. The maximum atomic E-state index is 11.4. The van der Waals surface area contributed by atoms with Crippen molar-refractivity contribution < 1.29 is 9.90 Å². The predicted octanol–water partition coefficient (Wildman–Crippen LogP) is 1.56. The molecule has 1 aliphatic rings. The van der Waals surface area contributed by atoms with Crippen molar-refractivity contribution in [3.63, 3.8) is 0 Å². The number of phenols is 1. The first-order chi connectivity index (χ1) is 7.10. The molecule has 1 aromatic rings. The highest BCUT2D eigenvalue weighted by atomic mass is 16.3. The summed E-state index contributed by atoms with van der Waals surface area (Å²) in [5.74, 6) is 0.521. The van der Waals surface area contributed by atoms with E-state index in [9.17, 15) is 9.90 Å². The van der Waals surface area contributed by atoms with Gasteiger partial charge in [-0.3, -0.25) is 4.79 Å². The molecule has 1 unspecified atom stereocenters. The van der Waals surface area contributed by atoms with Crippen molar-refractivity contribution in [3.8, 4) is 5.75 Å². The topological polar surface area (TPSA) is 49.3 Å². The number of rotatable bonds is 1.